The number of nitrogens with zero attached hydrogens (tertiary/aromatic N) is 2. The van der Waals surface area contributed by atoms with Gasteiger partial charge < -0.3 is 20.4 Å². The van der Waals surface area contributed by atoms with Crippen LogP contribution < -0.4 is 10.6 Å². The van der Waals surface area contributed by atoms with Gasteiger partial charge in [0.05, 0.1) is 0 Å². The van der Waals surface area contributed by atoms with Crippen LogP contribution in [0.15, 0.2) is 48.5 Å². The fraction of sp³-hybridized carbons (Fsp3) is 0.674. The maximum Gasteiger partial charge on any atom is 0.225 e. The van der Waals surface area contributed by atoms with Crippen LogP contribution >= 0.6 is 0 Å². The number of benzene rings is 2. The Hall–Kier alpha value is -2.70. The lowest BCUT2D eigenvalue weighted by molar-refractivity contribution is -0.117. The minimum atomic E-state index is 0.0776. The molecule has 0 heterocycles. The van der Waals surface area contributed by atoms with Crippen molar-refractivity contribution in [3.63, 3.8) is 0 Å². The largest absolute Gasteiger partial charge is 0.326 e. The molecule has 2 amide bonds. The summed E-state index contributed by atoms with van der Waals surface area (Å²) < 4.78 is 0. The summed E-state index contributed by atoms with van der Waals surface area (Å²) in [5, 5.41) is 6.29. The molecule has 0 bridgehead atoms. The Bertz CT molecular complexity index is 1050. The summed E-state index contributed by atoms with van der Waals surface area (Å²) in [6.45, 7) is 15.0. The van der Waals surface area contributed by atoms with Gasteiger partial charge in [0, 0.05) is 37.3 Å². The molecule has 0 saturated heterocycles. The molecule has 0 aliphatic heterocycles. The second kappa shape index (κ2) is 28.0. The molecule has 0 aliphatic carbocycles. The third kappa shape index (κ3) is 21.2. The zero-order valence-corrected chi connectivity index (χ0v) is 32.0. The van der Waals surface area contributed by atoms with Crippen molar-refractivity contribution in [2.45, 2.75) is 150 Å². The predicted octanol–water partition coefficient (Wildman–Crippen LogP) is 10.9. The van der Waals surface area contributed by atoms with Crippen molar-refractivity contribution in [1.82, 2.24) is 9.80 Å². The first-order valence-electron chi connectivity index (χ1n) is 20.2. The Morgan fingerprint density at radius 3 is 1.20 bits per heavy atom. The lowest BCUT2D eigenvalue weighted by Crippen LogP contribution is -2.30. The third-order valence-corrected chi connectivity index (χ3v) is 9.45. The highest BCUT2D eigenvalue weighted by molar-refractivity contribution is 5.91. The van der Waals surface area contributed by atoms with Gasteiger partial charge in [-0.2, -0.15) is 0 Å². The molecule has 2 aromatic carbocycles. The SMILES string of the molecule is CCCCCCCN(CCCCC)CCC(=O)Nc1cccc(Cc2cccc(NC(=O)CCN(CCCCC)CCCCCCC)c2)c1. The van der Waals surface area contributed by atoms with Crippen molar-refractivity contribution in [3.8, 4) is 0 Å². The standard InChI is InChI=1S/C43H72N4O2/c1-5-9-13-15-19-31-46(29-17-11-7-3)33-27-42(48)44-40-25-21-23-38(36-40)35-39-24-22-26-41(37-39)45-43(49)28-34-47(30-18-12-8-4)32-20-16-14-10-6-2/h21-26,36-37H,5-20,27-35H2,1-4H3,(H,44,48)(H,45,49). The second-order valence-electron chi connectivity index (χ2n) is 14.1. The lowest BCUT2D eigenvalue weighted by atomic mass is 10.0. The first kappa shape index (κ1) is 42.5. The van der Waals surface area contributed by atoms with Crippen LogP contribution in [-0.4, -0.2) is 60.9 Å². The molecule has 49 heavy (non-hydrogen) atoms. The van der Waals surface area contributed by atoms with Gasteiger partial charge in [-0.3, -0.25) is 9.59 Å². The van der Waals surface area contributed by atoms with E-state index in [1.165, 1.54) is 103 Å². The van der Waals surface area contributed by atoms with Crippen LogP contribution in [0.3, 0.4) is 0 Å². The van der Waals surface area contributed by atoms with E-state index in [1.807, 2.05) is 24.3 Å². The molecule has 0 atom stereocenters. The van der Waals surface area contributed by atoms with Crippen molar-refractivity contribution in [3.05, 3.63) is 59.7 Å². The molecule has 0 aliphatic rings. The molecule has 0 aromatic heterocycles. The van der Waals surface area contributed by atoms with Crippen LogP contribution in [0.25, 0.3) is 0 Å². The van der Waals surface area contributed by atoms with Crippen LogP contribution in [0.1, 0.15) is 154 Å². The van der Waals surface area contributed by atoms with Crippen LogP contribution in [0, 0.1) is 0 Å². The van der Waals surface area contributed by atoms with Gasteiger partial charge in [-0.1, -0.05) is 129 Å². The summed E-state index contributed by atoms with van der Waals surface area (Å²) in [7, 11) is 0. The molecule has 0 unspecified atom stereocenters. The monoisotopic (exact) mass is 677 g/mol. The molecule has 0 spiro atoms. The minimum absolute atomic E-state index is 0.0776. The van der Waals surface area contributed by atoms with E-state index in [-0.39, 0.29) is 11.8 Å². The van der Waals surface area contributed by atoms with E-state index in [9.17, 15) is 9.59 Å². The quantitative estimate of drug-likeness (QED) is 0.0808. The molecule has 276 valence electrons. The zero-order chi connectivity index (χ0) is 35.4. The molecule has 2 aromatic rings. The number of amides is 2. The average Bonchev–Trinajstić information content (AvgIpc) is 3.09. The van der Waals surface area contributed by atoms with Gasteiger partial charge in [-0.15, -0.1) is 0 Å². The zero-order valence-electron chi connectivity index (χ0n) is 32.0. The minimum Gasteiger partial charge on any atom is -0.326 e. The smallest absolute Gasteiger partial charge is 0.225 e. The number of rotatable bonds is 30. The van der Waals surface area contributed by atoms with Crippen LogP contribution in [-0.2, 0) is 16.0 Å². The lowest BCUT2D eigenvalue weighted by Gasteiger charge is -2.22. The molecule has 6 nitrogen and oxygen atoms in total. The van der Waals surface area contributed by atoms with Crippen LogP contribution in [0.5, 0.6) is 0 Å². The van der Waals surface area contributed by atoms with Crippen LogP contribution in [0.4, 0.5) is 11.4 Å². The Labute approximate surface area is 301 Å². The molecule has 0 radical (unpaired) electrons. The van der Waals surface area contributed by atoms with E-state index in [4.69, 9.17) is 0 Å². The van der Waals surface area contributed by atoms with Gasteiger partial charge in [0.25, 0.3) is 0 Å². The summed E-state index contributed by atoms with van der Waals surface area (Å²) >= 11 is 0. The van der Waals surface area contributed by atoms with Crippen molar-refractivity contribution in [1.29, 1.82) is 0 Å². The Balaban J connectivity index is 1.85. The van der Waals surface area contributed by atoms with E-state index >= 15 is 0 Å². The summed E-state index contributed by atoms with van der Waals surface area (Å²) in [6, 6.07) is 16.3. The number of unbranched alkanes of at least 4 members (excludes halogenated alkanes) is 12. The summed E-state index contributed by atoms with van der Waals surface area (Å²) in [5.74, 6) is 0.155. The van der Waals surface area contributed by atoms with E-state index in [0.717, 1.165) is 68.2 Å². The highest BCUT2D eigenvalue weighted by Gasteiger charge is 2.11. The normalized spacial score (nSPS) is 11.4. The highest BCUT2D eigenvalue weighted by Crippen LogP contribution is 2.19. The van der Waals surface area contributed by atoms with Gasteiger partial charge in [-0.05, 0) is 93.7 Å². The van der Waals surface area contributed by atoms with Crippen molar-refractivity contribution < 1.29 is 9.59 Å². The van der Waals surface area contributed by atoms with Crippen LogP contribution in [0.2, 0.25) is 0 Å². The van der Waals surface area contributed by atoms with E-state index < -0.39 is 0 Å². The third-order valence-electron chi connectivity index (χ3n) is 9.45. The predicted molar refractivity (Wildman–Crippen MR) is 212 cm³/mol. The number of hydrogen-bond acceptors (Lipinski definition) is 4. The topological polar surface area (TPSA) is 64.7 Å². The maximum absolute atomic E-state index is 12.9. The van der Waals surface area contributed by atoms with Crippen molar-refractivity contribution >= 4 is 23.2 Å². The van der Waals surface area contributed by atoms with Crippen molar-refractivity contribution in [2.75, 3.05) is 49.9 Å². The first-order valence-corrected chi connectivity index (χ1v) is 20.2. The van der Waals surface area contributed by atoms with Gasteiger partial charge in [0.2, 0.25) is 11.8 Å². The number of hydrogen-bond donors (Lipinski definition) is 2. The van der Waals surface area contributed by atoms with Gasteiger partial charge >= 0.3 is 0 Å². The maximum atomic E-state index is 12.9. The molecular formula is C43H72N4O2. The summed E-state index contributed by atoms with van der Waals surface area (Å²) in [5.41, 5.74) is 3.96. The number of nitrogens with one attached hydrogen (secondary N) is 2. The number of carbonyl (C=O) groups excluding carboxylic acids is 2. The number of carbonyl (C=O) groups is 2. The summed E-state index contributed by atoms with van der Waals surface area (Å²) in [4.78, 5) is 30.9. The highest BCUT2D eigenvalue weighted by atomic mass is 16.2. The molecular weight excluding hydrogens is 604 g/mol. The van der Waals surface area contributed by atoms with Gasteiger partial charge in [-0.25, -0.2) is 0 Å². The molecule has 2 rings (SSSR count). The fourth-order valence-corrected chi connectivity index (χ4v) is 6.44. The summed E-state index contributed by atoms with van der Waals surface area (Å²) in [6.07, 6.45) is 21.9. The van der Waals surface area contributed by atoms with E-state index in [2.05, 4.69) is 72.4 Å². The average molecular weight is 677 g/mol. The Morgan fingerprint density at radius 2 is 0.816 bits per heavy atom. The van der Waals surface area contributed by atoms with Crippen molar-refractivity contribution in [2.24, 2.45) is 0 Å². The second-order valence-corrected chi connectivity index (χ2v) is 14.1. The molecule has 2 N–H and O–H groups in total. The van der Waals surface area contributed by atoms with Gasteiger partial charge in [0.1, 0.15) is 0 Å². The molecule has 6 heteroatoms. The Morgan fingerprint density at radius 1 is 0.469 bits per heavy atom. The Kier molecular flexibility index (Phi) is 24.3. The molecule has 0 fully saturated rings. The number of anilines is 2. The first-order chi connectivity index (χ1) is 24.0. The molecule has 0 saturated carbocycles. The van der Waals surface area contributed by atoms with Gasteiger partial charge in [0.15, 0.2) is 0 Å². The van der Waals surface area contributed by atoms with E-state index in [1.54, 1.807) is 0 Å². The van der Waals surface area contributed by atoms with E-state index in [0.29, 0.717) is 12.8 Å². The fourth-order valence-electron chi connectivity index (χ4n) is 6.44.